The van der Waals surface area contributed by atoms with Crippen molar-refractivity contribution in [2.75, 3.05) is 28.8 Å². The molecular formula is C11H18S5. The van der Waals surface area contributed by atoms with Gasteiger partial charge in [0.1, 0.15) is 0 Å². The summed E-state index contributed by atoms with van der Waals surface area (Å²) in [6.07, 6.45) is 1.20. The average molecular weight is 311 g/mol. The van der Waals surface area contributed by atoms with Crippen LogP contribution in [-0.4, -0.2) is 34.0 Å². The molecule has 0 aliphatic rings. The molecule has 0 aromatic carbocycles. The highest BCUT2D eigenvalue weighted by Gasteiger charge is 2.10. The van der Waals surface area contributed by atoms with Crippen molar-refractivity contribution in [1.29, 1.82) is 0 Å². The van der Waals surface area contributed by atoms with Gasteiger partial charge in [-0.2, -0.15) is 48.8 Å². The predicted octanol–water partition coefficient (Wildman–Crippen LogP) is 3.99. The van der Waals surface area contributed by atoms with Crippen LogP contribution in [0.5, 0.6) is 0 Å². The van der Waals surface area contributed by atoms with Crippen LogP contribution in [0.3, 0.4) is 0 Å². The molecule has 1 rings (SSSR count). The van der Waals surface area contributed by atoms with Gasteiger partial charge in [-0.25, -0.2) is 0 Å². The van der Waals surface area contributed by atoms with Crippen molar-refractivity contribution in [3.8, 4) is 0 Å². The van der Waals surface area contributed by atoms with Crippen molar-refractivity contribution in [2.24, 2.45) is 0 Å². The van der Waals surface area contributed by atoms with E-state index >= 15 is 0 Å². The molecule has 5 heteroatoms. The topological polar surface area (TPSA) is 0 Å². The van der Waals surface area contributed by atoms with Crippen LogP contribution in [0.1, 0.15) is 4.88 Å². The first kappa shape index (κ1) is 15.2. The SMILES string of the molecule is SCCSCC(Cc1cccs1)SCCS. The average Bonchev–Trinajstić information content (AvgIpc) is 2.78. The number of rotatable bonds is 9. The molecule has 0 N–H and O–H groups in total. The number of thiol groups is 2. The Bertz CT molecular complexity index is 247. The molecule has 1 atom stereocenters. The van der Waals surface area contributed by atoms with Gasteiger partial charge in [0.2, 0.25) is 0 Å². The number of hydrogen-bond acceptors (Lipinski definition) is 5. The summed E-state index contributed by atoms with van der Waals surface area (Å²) in [6, 6.07) is 4.38. The van der Waals surface area contributed by atoms with Crippen molar-refractivity contribution in [3.05, 3.63) is 22.4 Å². The summed E-state index contributed by atoms with van der Waals surface area (Å²) in [5.41, 5.74) is 0. The minimum atomic E-state index is 0.732. The first-order valence-corrected chi connectivity index (χ1v) is 9.65. The number of thioether (sulfide) groups is 2. The third-order valence-electron chi connectivity index (χ3n) is 1.99. The van der Waals surface area contributed by atoms with Gasteiger partial charge in [-0.05, 0) is 29.4 Å². The predicted molar refractivity (Wildman–Crippen MR) is 89.3 cm³/mol. The van der Waals surface area contributed by atoms with Crippen LogP contribution in [0.2, 0.25) is 0 Å². The third-order valence-corrected chi connectivity index (χ3v) is 6.53. The van der Waals surface area contributed by atoms with Gasteiger partial charge < -0.3 is 0 Å². The van der Waals surface area contributed by atoms with Gasteiger partial charge in [0.05, 0.1) is 0 Å². The second kappa shape index (κ2) is 10.1. The molecule has 0 bridgehead atoms. The van der Waals surface area contributed by atoms with E-state index in [-0.39, 0.29) is 0 Å². The molecule has 0 amide bonds. The van der Waals surface area contributed by atoms with E-state index in [1.54, 1.807) is 0 Å². The van der Waals surface area contributed by atoms with Gasteiger partial charge >= 0.3 is 0 Å². The van der Waals surface area contributed by atoms with E-state index in [1.165, 1.54) is 17.1 Å². The normalized spacial score (nSPS) is 12.9. The molecule has 0 aliphatic carbocycles. The van der Waals surface area contributed by atoms with Crippen LogP contribution in [0.25, 0.3) is 0 Å². The van der Waals surface area contributed by atoms with E-state index in [4.69, 9.17) is 0 Å². The fraction of sp³-hybridized carbons (Fsp3) is 0.636. The van der Waals surface area contributed by atoms with E-state index < -0.39 is 0 Å². The van der Waals surface area contributed by atoms with Crippen LogP contribution in [0.15, 0.2) is 17.5 Å². The Morgan fingerprint density at radius 2 is 2.06 bits per heavy atom. The molecule has 92 valence electrons. The van der Waals surface area contributed by atoms with Crippen LogP contribution in [-0.2, 0) is 6.42 Å². The molecule has 0 nitrogen and oxygen atoms in total. The lowest BCUT2D eigenvalue weighted by molar-refractivity contribution is 0.974. The highest BCUT2D eigenvalue weighted by atomic mass is 32.2. The standard InChI is InChI=1S/C11H18S5/c12-3-6-14-9-11(16-7-4-13)8-10-2-1-5-15-10/h1-2,5,11-13H,3-4,6-9H2. The number of thiophene rings is 1. The Morgan fingerprint density at radius 3 is 2.69 bits per heavy atom. The van der Waals surface area contributed by atoms with Crippen molar-refractivity contribution < 1.29 is 0 Å². The van der Waals surface area contributed by atoms with Crippen molar-refractivity contribution in [3.63, 3.8) is 0 Å². The van der Waals surface area contributed by atoms with E-state index in [1.807, 2.05) is 23.1 Å². The van der Waals surface area contributed by atoms with E-state index in [0.29, 0.717) is 0 Å². The van der Waals surface area contributed by atoms with Gasteiger partial charge in [0, 0.05) is 27.4 Å². The molecule has 0 radical (unpaired) electrons. The lowest BCUT2D eigenvalue weighted by atomic mass is 10.3. The Kier molecular flexibility index (Phi) is 9.53. The van der Waals surface area contributed by atoms with E-state index in [0.717, 1.165) is 28.3 Å². The minimum absolute atomic E-state index is 0.732. The van der Waals surface area contributed by atoms with Crippen LogP contribution in [0.4, 0.5) is 0 Å². The van der Waals surface area contributed by atoms with E-state index in [9.17, 15) is 0 Å². The highest BCUT2D eigenvalue weighted by molar-refractivity contribution is 8.04. The summed E-state index contributed by atoms with van der Waals surface area (Å²) in [5, 5.41) is 2.90. The lowest BCUT2D eigenvalue weighted by Crippen LogP contribution is -2.11. The molecular weight excluding hydrogens is 292 g/mol. The molecule has 1 aromatic rings. The minimum Gasteiger partial charge on any atom is -0.179 e. The Labute approximate surface area is 122 Å². The molecule has 1 aromatic heterocycles. The fourth-order valence-corrected chi connectivity index (χ4v) is 5.00. The molecule has 0 saturated carbocycles. The van der Waals surface area contributed by atoms with E-state index in [2.05, 4.69) is 54.5 Å². The van der Waals surface area contributed by atoms with Gasteiger partial charge in [-0.1, -0.05) is 6.07 Å². The summed E-state index contributed by atoms with van der Waals surface area (Å²) < 4.78 is 0. The molecule has 1 unspecified atom stereocenters. The molecule has 0 aliphatic heterocycles. The summed E-state index contributed by atoms with van der Waals surface area (Å²) in [5.74, 6) is 5.50. The summed E-state index contributed by atoms with van der Waals surface area (Å²) in [6.45, 7) is 0. The summed E-state index contributed by atoms with van der Waals surface area (Å²) in [7, 11) is 0. The fourth-order valence-electron chi connectivity index (χ4n) is 1.32. The van der Waals surface area contributed by atoms with Crippen LogP contribution in [0, 0.1) is 0 Å². The second-order valence-electron chi connectivity index (χ2n) is 3.30. The van der Waals surface area contributed by atoms with Crippen LogP contribution < -0.4 is 0 Å². The molecule has 0 fully saturated rings. The van der Waals surface area contributed by atoms with Crippen molar-refractivity contribution >= 4 is 60.1 Å². The maximum absolute atomic E-state index is 4.28. The smallest absolute Gasteiger partial charge is 0.0186 e. The molecule has 0 saturated heterocycles. The first-order valence-electron chi connectivity index (χ1n) is 5.30. The van der Waals surface area contributed by atoms with Gasteiger partial charge in [-0.15, -0.1) is 11.3 Å². The largest absolute Gasteiger partial charge is 0.179 e. The summed E-state index contributed by atoms with van der Waals surface area (Å²) >= 11 is 14.5. The molecule has 16 heavy (non-hydrogen) atoms. The Hall–Kier alpha value is 1.10. The Balaban J connectivity index is 2.31. The highest BCUT2D eigenvalue weighted by Crippen LogP contribution is 2.23. The summed E-state index contributed by atoms with van der Waals surface area (Å²) in [4.78, 5) is 1.50. The van der Waals surface area contributed by atoms with Crippen molar-refractivity contribution in [2.45, 2.75) is 11.7 Å². The van der Waals surface area contributed by atoms with Gasteiger partial charge in [-0.3, -0.25) is 0 Å². The zero-order valence-corrected chi connectivity index (χ0v) is 13.4. The zero-order chi connectivity index (χ0) is 11.6. The quantitative estimate of drug-likeness (QED) is 0.523. The first-order chi connectivity index (χ1) is 7.86. The number of hydrogen-bond donors (Lipinski definition) is 2. The maximum atomic E-state index is 4.28. The monoisotopic (exact) mass is 310 g/mol. The second-order valence-corrected chi connectivity index (χ2v) is 7.78. The van der Waals surface area contributed by atoms with Gasteiger partial charge in [0.15, 0.2) is 0 Å². The zero-order valence-electron chi connectivity index (χ0n) is 9.17. The third kappa shape index (κ3) is 6.74. The molecule has 0 spiro atoms. The Morgan fingerprint density at radius 1 is 1.25 bits per heavy atom. The lowest BCUT2D eigenvalue weighted by Gasteiger charge is -2.14. The maximum Gasteiger partial charge on any atom is 0.0186 e. The molecule has 1 heterocycles. The van der Waals surface area contributed by atoms with Crippen LogP contribution >= 0.6 is 60.1 Å². The van der Waals surface area contributed by atoms with Crippen molar-refractivity contribution in [1.82, 2.24) is 0 Å². The van der Waals surface area contributed by atoms with Gasteiger partial charge in [0.25, 0.3) is 0 Å².